The molecule has 0 aromatic heterocycles. The van der Waals surface area contributed by atoms with Crippen LogP contribution in [0.3, 0.4) is 0 Å². The van der Waals surface area contributed by atoms with Crippen molar-refractivity contribution in [2.75, 3.05) is 18.5 Å². The van der Waals surface area contributed by atoms with Crippen LogP contribution in [0.4, 0.5) is 5.69 Å². The van der Waals surface area contributed by atoms with Crippen molar-refractivity contribution >= 4 is 11.7 Å². The summed E-state index contributed by atoms with van der Waals surface area (Å²) in [6.45, 7) is 7.67. The molecule has 0 aliphatic rings. The lowest BCUT2D eigenvalue weighted by Gasteiger charge is -2.09. The molecular formula is C17H27NO2. The average molecular weight is 277 g/mol. The minimum absolute atomic E-state index is 0.0790. The number of unbranched alkanes of at least 4 members (excludes halogenated alkanes) is 2. The Morgan fingerprint density at radius 2 is 1.85 bits per heavy atom. The van der Waals surface area contributed by atoms with Crippen molar-refractivity contribution in [3.63, 3.8) is 0 Å². The van der Waals surface area contributed by atoms with E-state index >= 15 is 0 Å². The van der Waals surface area contributed by atoms with Crippen LogP contribution in [-0.2, 0) is 9.53 Å². The minimum atomic E-state index is -0.0790. The SMILES string of the molecule is CCOC(=O)CCCCCNc1ccc(C(C)C)cc1. The summed E-state index contributed by atoms with van der Waals surface area (Å²) in [6.07, 6.45) is 3.57. The number of anilines is 1. The van der Waals surface area contributed by atoms with Crippen LogP contribution in [0, 0.1) is 0 Å². The number of hydrogen-bond donors (Lipinski definition) is 1. The fraction of sp³-hybridized carbons (Fsp3) is 0.588. The third-order valence-corrected chi connectivity index (χ3v) is 3.27. The third kappa shape index (κ3) is 6.60. The molecule has 0 bridgehead atoms. The van der Waals surface area contributed by atoms with Crippen molar-refractivity contribution < 1.29 is 9.53 Å². The van der Waals surface area contributed by atoms with E-state index < -0.39 is 0 Å². The molecule has 0 heterocycles. The van der Waals surface area contributed by atoms with E-state index in [1.54, 1.807) is 0 Å². The van der Waals surface area contributed by atoms with Crippen LogP contribution in [0.25, 0.3) is 0 Å². The molecule has 0 unspecified atom stereocenters. The summed E-state index contributed by atoms with van der Waals surface area (Å²) in [5, 5.41) is 3.41. The van der Waals surface area contributed by atoms with Gasteiger partial charge in [0.15, 0.2) is 0 Å². The molecule has 0 spiro atoms. The number of benzene rings is 1. The molecule has 3 heteroatoms. The Hall–Kier alpha value is -1.51. The van der Waals surface area contributed by atoms with Crippen molar-refractivity contribution in [1.82, 2.24) is 0 Å². The summed E-state index contributed by atoms with van der Waals surface area (Å²) >= 11 is 0. The van der Waals surface area contributed by atoms with Gasteiger partial charge in [0.05, 0.1) is 6.61 Å². The number of carbonyl (C=O) groups excluding carboxylic acids is 1. The van der Waals surface area contributed by atoms with Gasteiger partial charge < -0.3 is 10.1 Å². The Balaban J connectivity index is 2.10. The first-order chi connectivity index (χ1) is 9.63. The molecular weight excluding hydrogens is 250 g/mol. The van der Waals surface area contributed by atoms with E-state index in [4.69, 9.17) is 4.74 Å². The minimum Gasteiger partial charge on any atom is -0.466 e. The zero-order valence-electron chi connectivity index (χ0n) is 12.9. The molecule has 0 fully saturated rings. The van der Waals surface area contributed by atoms with Crippen LogP contribution >= 0.6 is 0 Å². The Labute approximate surface area is 122 Å². The highest BCUT2D eigenvalue weighted by molar-refractivity contribution is 5.69. The van der Waals surface area contributed by atoms with E-state index in [1.165, 1.54) is 11.3 Å². The van der Waals surface area contributed by atoms with E-state index in [1.807, 2.05) is 6.92 Å². The summed E-state index contributed by atoms with van der Waals surface area (Å²) in [5.74, 6) is 0.497. The van der Waals surface area contributed by atoms with Crippen molar-refractivity contribution in [2.24, 2.45) is 0 Å². The van der Waals surface area contributed by atoms with Crippen LogP contribution in [0.5, 0.6) is 0 Å². The normalized spacial score (nSPS) is 10.6. The van der Waals surface area contributed by atoms with Gasteiger partial charge in [-0.2, -0.15) is 0 Å². The van der Waals surface area contributed by atoms with E-state index in [0.29, 0.717) is 18.9 Å². The van der Waals surface area contributed by atoms with E-state index in [9.17, 15) is 4.79 Å². The fourth-order valence-electron chi connectivity index (χ4n) is 2.02. The van der Waals surface area contributed by atoms with Crippen LogP contribution < -0.4 is 5.32 Å². The van der Waals surface area contributed by atoms with Crippen LogP contribution in [0.1, 0.15) is 57.9 Å². The van der Waals surface area contributed by atoms with Gasteiger partial charge in [0.2, 0.25) is 0 Å². The third-order valence-electron chi connectivity index (χ3n) is 3.27. The standard InChI is InChI=1S/C17H27NO2/c1-4-20-17(19)8-6-5-7-13-18-16-11-9-15(10-12-16)14(2)3/h9-12,14,18H,4-8,13H2,1-3H3. The smallest absolute Gasteiger partial charge is 0.305 e. The molecule has 0 amide bonds. The van der Waals surface area contributed by atoms with Gasteiger partial charge in [-0.05, 0) is 43.4 Å². The van der Waals surface area contributed by atoms with Crippen molar-refractivity contribution in [2.45, 2.75) is 52.4 Å². The summed E-state index contributed by atoms with van der Waals surface area (Å²) in [6, 6.07) is 8.61. The quantitative estimate of drug-likeness (QED) is 0.539. The highest BCUT2D eigenvalue weighted by atomic mass is 16.5. The van der Waals surface area contributed by atoms with Gasteiger partial charge in [0.25, 0.3) is 0 Å². The molecule has 1 rings (SSSR count). The zero-order chi connectivity index (χ0) is 14.8. The monoisotopic (exact) mass is 277 g/mol. The lowest BCUT2D eigenvalue weighted by molar-refractivity contribution is -0.143. The second-order valence-electron chi connectivity index (χ2n) is 5.32. The fourth-order valence-corrected chi connectivity index (χ4v) is 2.02. The molecule has 3 nitrogen and oxygen atoms in total. The second-order valence-corrected chi connectivity index (χ2v) is 5.32. The first-order valence-electron chi connectivity index (χ1n) is 7.63. The Kier molecular flexibility index (Phi) is 7.78. The van der Waals surface area contributed by atoms with Crippen molar-refractivity contribution in [3.8, 4) is 0 Å². The first-order valence-corrected chi connectivity index (χ1v) is 7.63. The number of ether oxygens (including phenoxy) is 1. The Morgan fingerprint density at radius 3 is 2.45 bits per heavy atom. The van der Waals surface area contributed by atoms with Gasteiger partial charge >= 0.3 is 5.97 Å². The average Bonchev–Trinajstić information content (AvgIpc) is 2.43. The summed E-state index contributed by atoms with van der Waals surface area (Å²) < 4.78 is 4.89. The summed E-state index contributed by atoms with van der Waals surface area (Å²) in [4.78, 5) is 11.1. The van der Waals surface area contributed by atoms with E-state index in [-0.39, 0.29) is 5.97 Å². The van der Waals surface area contributed by atoms with Gasteiger partial charge in [0, 0.05) is 18.7 Å². The molecule has 1 aromatic rings. The van der Waals surface area contributed by atoms with Crippen LogP contribution in [-0.4, -0.2) is 19.1 Å². The first kappa shape index (κ1) is 16.5. The molecule has 0 aliphatic heterocycles. The van der Waals surface area contributed by atoms with Gasteiger partial charge in [-0.1, -0.05) is 32.4 Å². The molecule has 0 saturated carbocycles. The molecule has 0 saturated heterocycles. The molecule has 1 aromatic carbocycles. The zero-order valence-corrected chi connectivity index (χ0v) is 12.9. The second kappa shape index (κ2) is 9.40. The van der Waals surface area contributed by atoms with E-state index in [0.717, 1.165) is 25.8 Å². The van der Waals surface area contributed by atoms with Crippen molar-refractivity contribution in [3.05, 3.63) is 29.8 Å². The van der Waals surface area contributed by atoms with Gasteiger partial charge in [-0.25, -0.2) is 0 Å². The number of rotatable bonds is 9. The van der Waals surface area contributed by atoms with Gasteiger partial charge in [-0.3, -0.25) is 4.79 Å². The van der Waals surface area contributed by atoms with Crippen molar-refractivity contribution in [1.29, 1.82) is 0 Å². The number of nitrogens with one attached hydrogen (secondary N) is 1. The maximum absolute atomic E-state index is 11.1. The molecule has 0 radical (unpaired) electrons. The van der Waals surface area contributed by atoms with E-state index in [2.05, 4.69) is 43.4 Å². The largest absolute Gasteiger partial charge is 0.466 e. The summed E-state index contributed by atoms with van der Waals surface area (Å²) in [5.41, 5.74) is 2.53. The van der Waals surface area contributed by atoms with Gasteiger partial charge in [0.1, 0.15) is 0 Å². The maximum Gasteiger partial charge on any atom is 0.305 e. The van der Waals surface area contributed by atoms with Crippen LogP contribution in [0.2, 0.25) is 0 Å². The summed E-state index contributed by atoms with van der Waals surface area (Å²) in [7, 11) is 0. The lowest BCUT2D eigenvalue weighted by atomic mass is 10.0. The lowest BCUT2D eigenvalue weighted by Crippen LogP contribution is -2.05. The van der Waals surface area contributed by atoms with Crippen LogP contribution in [0.15, 0.2) is 24.3 Å². The predicted octanol–water partition coefficient (Wildman–Crippen LogP) is 4.35. The highest BCUT2D eigenvalue weighted by Crippen LogP contribution is 2.17. The molecule has 112 valence electrons. The highest BCUT2D eigenvalue weighted by Gasteiger charge is 2.01. The number of carbonyl (C=O) groups is 1. The Bertz CT molecular complexity index is 384. The molecule has 1 N–H and O–H groups in total. The number of hydrogen-bond acceptors (Lipinski definition) is 3. The topological polar surface area (TPSA) is 38.3 Å². The maximum atomic E-state index is 11.1. The predicted molar refractivity (Wildman–Crippen MR) is 84.1 cm³/mol. The molecule has 20 heavy (non-hydrogen) atoms. The number of esters is 1. The molecule has 0 aliphatic carbocycles. The Morgan fingerprint density at radius 1 is 1.15 bits per heavy atom. The molecule has 0 atom stereocenters. The van der Waals surface area contributed by atoms with Gasteiger partial charge in [-0.15, -0.1) is 0 Å².